The predicted molar refractivity (Wildman–Crippen MR) is 24.4 cm³/mol. The van der Waals surface area contributed by atoms with Gasteiger partial charge in [0.2, 0.25) is 0 Å². The van der Waals surface area contributed by atoms with E-state index in [1.807, 2.05) is 0 Å². The molecule has 1 atom stereocenters. The molecule has 0 saturated heterocycles. The number of rotatable bonds is 1. The minimum atomic E-state index is -0.616. The van der Waals surface area contributed by atoms with E-state index in [1.54, 1.807) is 6.92 Å². The molecule has 0 aliphatic rings. The molecule has 0 fully saturated rings. The van der Waals surface area contributed by atoms with Crippen LogP contribution in [0.2, 0.25) is 0 Å². The largest absolute Gasteiger partial charge is 0.368 e. The molecule has 0 aliphatic heterocycles. The number of hydrogen-bond donors (Lipinski definition) is 1. The Balaban J connectivity index is 0. The van der Waals surface area contributed by atoms with E-state index in [0.29, 0.717) is 0 Å². The van der Waals surface area contributed by atoms with E-state index in [2.05, 4.69) is 4.74 Å². The zero-order chi connectivity index (χ0) is 4.28. The van der Waals surface area contributed by atoms with E-state index in [9.17, 15) is 0 Å². The quantitative estimate of drug-likeness (QED) is 0.345. The van der Waals surface area contributed by atoms with Gasteiger partial charge in [0.15, 0.2) is 6.29 Å². The molecule has 0 spiro atoms. The van der Waals surface area contributed by atoms with Crippen LogP contribution < -0.4 is 0 Å². The molecule has 0 heterocycles. The van der Waals surface area contributed by atoms with Crippen molar-refractivity contribution in [2.24, 2.45) is 0 Å². The fourth-order valence-electron chi connectivity index (χ4n) is 0. The van der Waals surface area contributed by atoms with Crippen LogP contribution in [0, 0.1) is 0 Å². The molecule has 6 heavy (non-hydrogen) atoms. The van der Waals surface area contributed by atoms with Crippen LogP contribution in [0.15, 0.2) is 0 Å². The summed E-state index contributed by atoms with van der Waals surface area (Å²) >= 11 is 0. The van der Waals surface area contributed by atoms with Gasteiger partial charge in [-0.2, -0.15) is 0 Å². The molecule has 1 unspecified atom stereocenters. The Morgan fingerprint density at radius 3 is 1.83 bits per heavy atom. The third kappa shape index (κ3) is 8.82. The summed E-state index contributed by atoms with van der Waals surface area (Å²) in [5.74, 6) is 0. The average Bonchev–Trinajstić information content (AvgIpc) is 1.38. The van der Waals surface area contributed by atoms with Crippen LogP contribution >= 0.6 is 0 Å². The first-order chi connectivity index (χ1) is 2.27. The fourth-order valence-corrected chi connectivity index (χ4v) is 0. The summed E-state index contributed by atoms with van der Waals surface area (Å²) in [5, 5.41) is 8.14. The van der Waals surface area contributed by atoms with E-state index >= 15 is 0 Å². The Bertz CT molecular complexity index is 22.8. The molecule has 0 aromatic rings. The summed E-state index contributed by atoms with van der Waals surface area (Å²) in [6.45, 7) is 1.56. The Labute approximate surface area is 49.7 Å². The van der Waals surface area contributed by atoms with Crippen molar-refractivity contribution >= 4 is 18.9 Å². The Kier molecular flexibility index (Phi) is 8.94. The monoisotopic (exact) mass is 83.1 g/mol. The molecule has 0 aromatic heterocycles. The summed E-state index contributed by atoms with van der Waals surface area (Å²) in [4.78, 5) is 0. The van der Waals surface area contributed by atoms with Crippen molar-refractivity contribution < 1.29 is 9.84 Å². The van der Waals surface area contributed by atoms with Crippen molar-refractivity contribution in [2.75, 3.05) is 7.11 Å². The Morgan fingerprint density at radius 2 is 1.83 bits per heavy atom. The summed E-state index contributed by atoms with van der Waals surface area (Å²) < 4.78 is 4.31. The van der Waals surface area contributed by atoms with Crippen LogP contribution in [0.3, 0.4) is 0 Å². The van der Waals surface area contributed by atoms with Gasteiger partial charge in [-0.15, -0.1) is 0 Å². The summed E-state index contributed by atoms with van der Waals surface area (Å²) in [6, 6.07) is 0. The maximum atomic E-state index is 8.14. The van der Waals surface area contributed by atoms with Crippen molar-refractivity contribution in [1.29, 1.82) is 0 Å². The minimum absolute atomic E-state index is 0. The topological polar surface area (TPSA) is 29.5 Å². The van der Waals surface area contributed by atoms with Crippen molar-refractivity contribution in [1.82, 2.24) is 0 Å². The first kappa shape index (κ1) is 9.72. The van der Waals surface area contributed by atoms with E-state index < -0.39 is 6.29 Å². The molecular formula is C3H8LiO2. The zero-order valence-corrected chi connectivity index (χ0v) is 4.43. The maximum Gasteiger partial charge on any atom is 0.151 e. The van der Waals surface area contributed by atoms with Crippen LogP contribution in [-0.4, -0.2) is 37.4 Å². The van der Waals surface area contributed by atoms with Gasteiger partial charge in [0.05, 0.1) is 0 Å². The van der Waals surface area contributed by atoms with Crippen LogP contribution in [0.4, 0.5) is 0 Å². The molecule has 33 valence electrons. The standard InChI is InChI=1S/C3H8O2.Li/c1-3(4)5-2;/h3-4H,1-2H3;. The van der Waals surface area contributed by atoms with Crippen LogP contribution in [-0.2, 0) is 4.74 Å². The first-order valence-electron chi connectivity index (χ1n) is 1.48. The predicted octanol–water partition coefficient (Wildman–Crippen LogP) is -0.410. The van der Waals surface area contributed by atoms with Gasteiger partial charge in [0, 0.05) is 26.0 Å². The number of methoxy groups -OCH3 is 1. The van der Waals surface area contributed by atoms with Gasteiger partial charge in [-0.1, -0.05) is 0 Å². The average molecular weight is 83.0 g/mol. The van der Waals surface area contributed by atoms with Gasteiger partial charge >= 0.3 is 0 Å². The molecule has 1 N–H and O–H groups in total. The number of ether oxygens (including phenoxy) is 1. The molecule has 1 radical (unpaired) electrons. The SMILES string of the molecule is COC(C)O.[Li]. The minimum Gasteiger partial charge on any atom is -0.368 e. The molecule has 0 bridgehead atoms. The molecule has 3 heteroatoms. The van der Waals surface area contributed by atoms with E-state index in [1.165, 1.54) is 7.11 Å². The van der Waals surface area contributed by atoms with E-state index in [0.717, 1.165) is 0 Å². The maximum absolute atomic E-state index is 8.14. The second-order valence-corrected chi connectivity index (χ2v) is 0.835. The molecule has 0 aromatic carbocycles. The third-order valence-corrected chi connectivity index (χ3v) is 0.341. The normalized spacial score (nSPS) is 12.5. The third-order valence-electron chi connectivity index (χ3n) is 0.341. The Hall–Kier alpha value is 0.517. The van der Waals surface area contributed by atoms with E-state index in [-0.39, 0.29) is 18.9 Å². The summed E-state index contributed by atoms with van der Waals surface area (Å²) in [7, 11) is 1.45. The molecule has 2 nitrogen and oxygen atoms in total. The van der Waals surface area contributed by atoms with Crippen molar-refractivity contribution in [3.05, 3.63) is 0 Å². The van der Waals surface area contributed by atoms with Gasteiger partial charge < -0.3 is 9.84 Å². The van der Waals surface area contributed by atoms with Crippen molar-refractivity contribution in [2.45, 2.75) is 13.2 Å². The van der Waals surface area contributed by atoms with E-state index in [4.69, 9.17) is 5.11 Å². The van der Waals surface area contributed by atoms with Gasteiger partial charge in [0.25, 0.3) is 0 Å². The second kappa shape index (κ2) is 5.52. The van der Waals surface area contributed by atoms with Crippen molar-refractivity contribution in [3.8, 4) is 0 Å². The smallest absolute Gasteiger partial charge is 0.151 e. The Morgan fingerprint density at radius 1 is 1.67 bits per heavy atom. The number of hydrogen-bond acceptors (Lipinski definition) is 2. The van der Waals surface area contributed by atoms with Crippen LogP contribution in [0.25, 0.3) is 0 Å². The zero-order valence-electron chi connectivity index (χ0n) is 4.43. The first-order valence-corrected chi connectivity index (χ1v) is 1.48. The van der Waals surface area contributed by atoms with Gasteiger partial charge in [-0.25, -0.2) is 0 Å². The summed E-state index contributed by atoms with van der Waals surface area (Å²) in [5.41, 5.74) is 0. The number of aliphatic hydroxyl groups excluding tert-OH is 1. The van der Waals surface area contributed by atoms with Gasteiger partial charge in [0.1, 0.15) is 0 Å². The molecule has 0 aliphatic carbocycles. The van der Waals surface area contributed by atoms with Gasteiger partial charge in [-0.3, -0.25) is 0 Å². The summed E-state index contributed by atoms with van der Waals surface area (Å²) in [6.07, 6.45) is -0.616. The van der Waals surface area contributed by atoms with Gasteiger partial charge in [-0.05, 0) is 6.92 Å². The van der Waals surface area contributed by atoms with Crippen molar-refractivity contribution in [3.63, 3.8) is 0 Å². The fraction of sp³-hybridized carbons (Fsp3) is 1.00. The van der Waals surface area contributed by atoms with Crippen LogP contribution in [0.5, 0.6) is 0 Å². The van der Waals surface area contributed by atoms with Crippen LogP contribution in [0.1, 0.15) is 6.92 Å². The second-order valence-electron chi connectivity index (χ2n) is 0.835. The number of aliphatic hydroxyl groups is 1. The molecule has 0 saturated carbocycles. The molecular weight excluding hydrogens is 75.0 g/mol. The molecule has 0 amide bonds. The molecule has 0 rings (SSSR count).